The Hall–Kier alpha value is -1.68. The van der Waals surface area contributed by atoms with Crippen molar-refractivity contribution in [3.8, 4) is 0 Å². The van der Waals surface area contributed by atoms with Gasteiger partial charge in [0.2, 0.25) is 0 Å². The number of pyridine rings is 1. The SMILES string of the molecule is c1csc(CCCc2nc3ncccc3[nH]2)c1. The number of aromatic nitrogens is 3. The van der Waals surface area contributed by atoms with E-state index in [1.807, 2.05) is 23.5 Å². The second-order valence-corrected chi connectivity index (χ2v) is 5.02. The molecule has 0 bridgehead atoms. The number of fused-ring (bicyclic) bond motifs is 1. The highest BCUT2D eigenvalue weighted by atomic mass is 32.1. The largest absolute Gasteiger partial charge is 0.341 e. The van der Waals surface area contributed by atoms with Crippen LogP contribution in [0.4, 0.5) is 0 Å². The van der Waals surface area contributed by atoms with E-state index in [1.54, 1.807) is 6.20 Å². The van der Waals surface area contributed by atoms with Crippen molar-refractivity contribution >= 4 is 22.5 Å². The van der Waals surface area contributed by atoms with Gasteiger partial charge in [-0.25, -0.2) is 9.97 Å². The molecule has 0 unspecified atom stereocenters. The number of H-pyrrole nitrogens is 1. The molecule has 1 N–H and O–H groups in total. The Balaban J connectivity index is 1.65. The quantitative estimate of drug-likeness (QED) is 0.764. The lowest BCUT2D eigenvalue weighted by Gasteiger charge is -1.95. The first-order chi connectivity index (χ1) is 8.42. The lowest BCUT2D eigenvalue weighted by Crippen LogP contribution is -1.90. The maximum Gasteiger partial charge on any atom is 0.177 e. The third kappa shape index (κ3) is 2.36. The maximum absolute atomic E-state index is 4.47. The van der Waals surface area contributed by atoms with Crippen LogP contribution in [0.1, 0.15) is 17.1 Å². The number of thiophene rings is 1. The molecule has 3 aromatic rings. The Kier molecular flexibility index (Phi) is 2.88. The lowest BCUT2D eigenvalue weighted by atomic mass is 10.2. The summed E-state index contributed by atoms with van der Waals surface area (Å²) < 4.78 is 0. The van der Waals surface area contributed by atoms with Gasteiger partial charge in [0.05, 0.1) is 5.52 Å². The fourth-order valence-corrected chi connectivity index (χ4v) is 2.65. The average molecular weight is 243 g/mol. The number of nitrogens with zero attached hydrogens (tertiary/aromatic N) is 2. The summed E-state index contributed by atoms with van der Waals surface area (Å²) in [6.07, 6.45) is 5.01. The van der Waals surface area contributed by atoms with Crippen molar-refractivity contribution < 1.29 is 0 Å². The third-order valence-electron chi connectivity index (χ3n) is 2.72. The molecule has 3 aromatic heterocycles. The van der Waals surface area contributed by atoms with Crippen molar-refractivity contribution in [3.63, 3.8) is 0 Å². The summed E-state index contributed by atoms with van der Waals surface area (Å²) in [6, 6.07) is 8.23. The van der Waals surface area contributed by atoms with Crippen LogP contribution in [0.2, 0.25) is 0 Å². The number of rotatable bonds is 4. The van der Waals surface area contributed by atoms with E-state index in [4.69, 9.17) is 0 Å². The molecule has 0 spiro atoms. The topological polar surface area (TPSA) is 41.6 Å². The zero-order chi connectivity index (χ0) is 11.5. The van der Waals surface area contributed by atoms with Gasteiger partial charge < -0.3 is 4.98 Å². The number of aromatic amines is 1. The smallest absolute Gasteiger partial charge is 0.177 e. The molecule has 0 aliphatic carbocycles. The highest BCUT2D eigenvalue weighted by Crippen LogP contribution is 2.13. The third-order valence-corrected chi connectivity index (χ3v) is 3.66. The molecule has 4 heteroatoms. The van der Waals surface area contributed by atoms with E-state index in [0.29, 0.717) is 0 Å². The molecular weight excluding hydrogens is 230 g/mol. The minimum atomic E-state index is 0.818. The van der Waals surface area contributed by atoms with Crippen molar-refractivity contribution in [1.82, 2.24) is 15.0 Å². The molecule has 86 valence electrons. The first-order valence-corrected chi connectivity index (χ1v) is 6.62. The molecule has 3 heterocycles. The van der Waals surface area contributed by atoms with Crippen molar-refractivity contribution in [1.29, 1.82) is 0 Å². The molecule has 0 saturated heterocycles. The fourth-order valence-electron chi connectivity index (χ4n) is 1.90. The molecule has 3 nitrogen and oxygen atoms in total. The Morgan fingerprint density at radius 3 is 3.00 bits per heavy atom. The first-order valence-electron chi connectivity index (χ1n) is 5.74. The average Bonchev–Trinajstić information content (AvgIpc) is 2.96. The maximum atomic E-state index is 4.47. The van der Waals surface area contributed by atoms with Crippen LogP contribution in [0, 0.1) is 0 Å². The molecule has 0 aliphatic rings. The van der Waals surface area contributed by atoms with Gasteiger partial charge in [-0.15, -0.1) is 11.3 Å². The highest BCUT2D eigenvalue weighted by Gasteiger charge is 2.03. The summed E-state index contributed by atoms with van der Waals surface area (Å²) >= 11 is 1.82. The van der Waals surface area contributed by atoms with E-state index in [-0.39, 0.29) is 0 Å². The van der Waals surface area contributed by atoms with Gasteiger partial charge in [-0.1, -0.05) is 6.07 Å². The number of nitrogens with one attached hydrogen (secondary N) is 1. The van der Waals surface area contributed by atoms with E-state index in [0.717, 1.165) is 36.3 Å². The number of hydrogen-bond donors (Lipinski definition) is 1. The molecule has 0 aliphatic heterocycles. The fraction of sp³-hybridized carbons (Fsp3) is 0.231. The van der Waals surface area contributed by atoms with Crippen molar-refractivity contribution in [2.45, 2.75) is 19.3 Å². The lowest BCUT2D eigenvalue weighted by molar-refractivity contribution is 0.793. The van der Waals surface area contributed by atoms with E-state index in [1.165, 1.54) is 4.88 Å². The normalized spacial score (nSPS) is 11.1. The Morgan fingerprint density at radius 1 is 1.18 bits per heavy atom. The zero-order valence-electron chi connectivity index (χ0n) is 9.39. The van der Waals surface area contributed by atoms with Crippen LogP contribution in [-0.2, 0) is 12.8 Å². The van der Waals surface area contributed by atoms with E-state index in [9.17, 15) is 0 Å². The molecule has 0 saturated carbocycles. The molecule has 0 aromatic carbocycles. The molecular formula is C13H13N3S. The van der Waals surface area contributed by atoms with Gasteiger partial charge in [-0.3, -0.25) is 0 Å². The van der Waals surface area contributed by atoms with Gasteiger partial charge in [-0.2, -0.15) is 0 Å². The molecule has 3 rings (SSSR count). The van der Waals surface area contributed by atoms with Crippen LogP contribution >= 0.6 is 11.3 Å². The van der Waals surface area contributed by atoms with Gasteiger partial charge in [0, 0.05) is 17.5 Å². The van der Waals surface area contributed by atoms with Crippen LogP contribution in [0.15, 0.2) is 35.8 Å². The molecule has 0 radical (unpaired) electrons. The summed E-state index contributed by atoms with van der Waals surface area (Å²) in [4.78, 5) is 13.4. The first kappa shape index (κ1) is 10.5. The van der Waals surface area contributed by atoms with Crippen LogP contribution < -0.4 is 0 Å². The van der Waals surface area contributed by atoms with E-state index >= 15 is 0 Å². The standard InChI is InChI=1S/C13H13N3S/c1(4-10-5-3-9-17-10)7-12-15-11-6-2-8-14-13(11)16-12/h2-3,5-6,8-9H,1,4,7H2,(H,14,15,16). The summed E-state index contributed by atoms with van der Waals surface area (Å²) in [6.45, 7) is 0. The summed E-state index contributed by atoms with van der Waals surface area (Å²) in [7, 11) is 0. The molecule has 0 fully saturated rings. The second-order valence-electron chi connectivity index (χ2n) is 3.99. The Labute approximate surface area is 104 Å². The predicted molar refractivity (Wildman–Crippen MR) is 70.2 cm³/mol. The van der Waals surface area contributed by atoms with Crippen LogP contribution in [-0.4, -0.2) is 15.0 Å². The van der Waals surface area contributed by atoms with Gasteiger partial charge in [-0.05, 0) is 36.4 Å². The van der Waals surface area contributed by atoms with Crippen molar-refractivity contribution in [2.75, 3.05) is 0 Å². The Bertz CT molecular complexity index is 565. The van der Waals surface area contributed by atoms with Gasteiger partial charge in [0.15, 0.2) is 5.65 Å². The second kappa shape index (κ2) is 4.67. The summed E-state index contributed by atoms with van der Waals surface area (Å²) in [5.74, 6) is 1.04. The van der Waals surface area contributed by atoms with Gasteiger partial charge >= 0.3 is 0 Å². The van der Waals surface area contributed by atoms with E-state index < -0.39 is 0 Å². The summed E-state index contributed by atoms with van der Waals surface area (Å²) in [5, 5.41) is 2.13. The van der Waals surface area contributed by atoms with Crippen LogP contribution in [0.5, 0.6) is 0 Å². The minimum absolute atomic E-state index is 0.818. The highest BCUT2D eigenvalue weighted by molar-refractivity contribution is 7.09. The monoisotopic (exact) mass is 243 g/mol. The van der Waals surface area contributed by atoms with Crippen LogP contribution in [0.3, 0.4) is 0 Å². The predicted octanol–water partition coefficient (Wildman–Crippen LogP) is 3.19. The molecule has 17 heavy (non-hydrogen) atoms. The minimum Gasteiger partial charge on any atom is -0.341 e. The van der Waals surface area contributed by atoms with Crippen LogP contribution in [0.25, 0.3) is 11.2 Å². The van der Waals surface area contributed by atoms with Crippen molar-refractivity contribution in [3.05, 3.63) is 46.5 Å². The molecule has 0 amide bonds. The van der Waals surface area contributed by atoms with Gasteiger partial charge in [0.25, 0.3) is 0 Å². The van der Waals surface area contributed by atoms with Gasteiger partial charge in [0.1, 0.15) is 5.82 Å². The molecule has 0 atom stereocenters. The number of imidazole rings is 1. The van der Waals surface area contributed by atoms with E-state index in [2.05, 4.69) is 32.5 Å². The summed E-state index contributed by atoms with van der Waals surface area (Å²) in [5.41, 5.74) is 1.84. The number of hydrogen-bond acceptors (Lipinski definition) is 3. The zero-order valence-corrected chi connectivity index (χ0v) is 10.2. The van der Waals surface area contributed by atoms with Crippen molar-refractivity contribution in [2.24, 2.45) is 0 Å². The number of aryl methyl sites for hydroxylation is 2. The Morgan fingerprint density at radius 2 is 2.18 bits per heavy atom.